The Morgan fingerprint density at radius 2 is 2.64 bits per heavy atom. The molecule has 0 unspecified atom stereocenters. The largest absolute Gasteiger partial charge is 0.438 e. The van der Waals surface area contributed by atoms with Gasteiger partial charge in [0.25, 0.3) is 0 Å². The molecule has 0 saturated heterocycles. The van der Waals surface area contributed by atoms with E-state index in [0.29, 0.717) is 0 Å². The minimum absolute atomic E-state index is 0.0997. The van der Waals surface area contributed by atoms with E-state index in [0.717, 1.165) is 0 Å². The molecule has 0 saturated carbocycles. The molecule has 0 aliphatic heterocycles. The molecular formula is C5H6N4O2. The van der Waals surface area contributed by atoms with Crippen LogP contribution in [-0.2, 0) is 0 Å². The van der Waals surface area contributed by atoms with Gasteiger partial charge in [-0.15, -0.1) is 0 Å². The molecular weight excluding hydrogens is 148 g/mol. The van der Waals surface area contributed by atoms with Crippen molar-refractivity contribution in [2.45, 2.75) is 12.5 Å². The van der Waals surface area contributed by atoms with E-state index < -0.39 is 11.8 Å². The van der Waals surface area contributed by atoms with Crippen LogP contribution in [0.1, 0.15) is 18.3 Å². The highest BCUT2D eigenvalue weighted by atomic mass is 16.5. The number of aromatic amines is 1. The van der Waals surface area contributed by atoms with Crippen LogP contribution in [0.4, 0.5) is 0 Å². The van der Waals surface area contributed by atoms with Crippen molar-refractivity contribution in [1.82, 2.24) is 10.1 Å². The first kappa shape index (κ1) is 7.50. The number of hydrogen-bond acceptors (Lipinski definition) is 5. The predicted molar refractivity (Wildman–Crippen MR) is 34.3 cm³/mol. The lowest BCUT2D eigenvalue weighted by molar-refractivity contribution is 0.377. The van der Waals surface area contributed by atoms with E-state index >= 15 is 0 Å². The molecule has 0 spiro atoms. The zero-order valence-corrected chi connectivity index (χ0v) is 5.57. The van der Waals surface area contributed by atoms with Crippen molar-refractivity contribution in [3.8, 4) is 6.07 Å². The molecule has 0 aliphatic rings. The SMILES string of the molecule is N#CC[C@@H](N)c1noc(=O)[nH]1. The highest BCUT2D eigenvalue weighted by molar-refractivity contribution is 4.93. The van der Waals surface area contributed by atoms with Gasteiger partial charge in [0.15, 0.2) is 5.82 Å². The molecule has 3 N–H and O–H groups in total. The van der Waals surface area contributed by atoms with Gasteiger partial charge < -0.3 is 5.73 Å². The fourth-order valence-electron chi connectivity index (χ4n) is 0.596. The van der Waals surface area contributed by atoms with Crippen LogP contribution in [-0.4, -0.2) is 10.1 Å². The predicted octanol–water partition coefficient (Wildman–Crippen LogP) is -0.724. The number of nitrogens with two attached hydrogens (primary N) is 1. The summed E-state index contributed by atoms with van der Waals surface area (Å²) in [5.74, 6) is -0.454. The van der Waals surface area contributed by atoms with Crippen molar-refractivity contribution < 1.29 is 4.52 Å². The topological polar surface area (TPSA) is 109 Å². The van der Waals surface area contributed by atoms with Gasteiger partial charge >= 0.3 is 5.76 Å². The van der Waals surface area contributed by atoms with E-state index in [1.165, 1.54) is 0 Å². The lowest BCUT2D eigenvalue weighted by Crippen LogP contribution is -2.12. The molecule has 1 aromatic heterocycles. The maximum absolute atomic E-state index is 10.4. The lowest BCUT2D eigenvalue weighted by atomic mass is 10.2. The first-order valence-electron chi connectivity index (χ1n) is 2.92. The summed E-state index contributed by atoms with van der Waals surface area (Å²) in [6.07, 6.45) is 0.0997. The molecule has 6 nitrogen and oxygen atoms in total. The van der Waals surface area contributed by atoms with E-state index in [9.17, 15) is 4.79 Å². The summed E-state index contributed by atoms with van der Waals surface area (Å²) in [5.41, 5.74) is 5.40. The van der Waals surface area contributed by atoms with E-state index in [-0.39, 0.29) is 12.2 Å². The number of H-pyrrole nitrogens is 1. The molecule has 0 aromatic carbocycles. The van der Waals surface area contributed by atoms with Gasteiger partial charge in [0.1, 0.15) is 0 Å². The molecule has 11 heavy (non-hydrogen) atoms. The van der Waals surface area contributed by atoms with Crippen molar-refractivity contribution in [2.24, 2.45) is 5.73 Å². The highest BCUT2D eigenvalue weighted by Crippen LogP contribution is 2.04. The Morgan fingerprint density at radius 1 is 1.91 bits per heavy atom. The first-order valence-corrected chi connectivity index (χ1v) is 2.92. The molecule has 1 heterocycles. The quantitative estimate of drug-likeness (QED) is 0.584. The second-order valence-electron chi connectivity index (χ2n) is 1.95. The van der Waals surface area contributed by atoms with Gasteiger partial charge in [-0.2, -0.15) is 5.26 Å². The normalized spacial score (nSPS) is 12.4. The summed E-state index contributed by atoms with van der Waals surface area (Å²) >= 11 is 0. The van der Waals surface area contributed by atoms with Crippen LogP contribution in [0.3, 0.4) is 0 Å². The Labute approximate surface area is 61.6 Å². The minimum atomic E-state index is -0.659. The minimum Gasteiger partial charge on any atom is -0.320 e. The van der Waals surface area contributed by atoms with E-state index in [1.54, 1.807) is 0 Å². The molecule has 0 aliphatic carbocycles. The van der Waals surface area contributed by atoms with Crippen molar-refractivity contribution in [3.05, 3.63) is 16.4 Å². The molecule has 0 fully saturated rings. The first-order chi connectivity index (χ1) is 5.24. The van der Waals surface area contributed by atoms with Gasteiger partial charge in [0.2, 0.25) is 0 Å². The summed E-state index contributed by atoms with van der Waals surface area (Å²) in [6.45, 7) is 0. The standard InChI is InChI=1S/C5H6N4O2/c6-2-1-3(7)4-8-5(10)11-9-4/h3H,1,7H2,(H,8,9,10)/t3-/m1/s1. The molecule has 1 atom stereocenters. The van der Waals surface area contributed by atoms with Gasteiger partial charge in [0, 0.05) is 0 Å². The summed E-state index contributed by atoms with van der Waals surface area (Å²) in [5, 5.41) is 11.5. The van der Waals surface area contributed by atoms with Crippen molar-refractivity contribution in [2.75, 3.05) is 0 Å². The van der Waals surface area contributed by atoms with Crippen LogP contribution < -0.4 is 11.5 Å². The second kappa shape index (κ2) is 2.98. The third-order valence-corrected chi connectivity index (χ3v) is 1.12. The van der Waals surface area contributed by atoms with Gasteiger partial charge in [-0.25, -0.2) is 4.79 Å². The smallest absolute Gasteiger partial charge is 0.320 e. The van der Waals surface area contributed by atoms with Crippen molar-refractivity contribution >= 4 is 0 Å². The van der Waals surface area contributed by atoms with Gasteiger partial charge in [-0.3, -0.25) is 9.51 Å². The summed E-state index contributed by atoms with van der Waals surface area (Å²) in [7, 11) is 0. The number of hydrogen-bond donors (Lipinski definition) is 2. The summed E-state index contributed by atoms with van der Waals surface area (Å²) < 4.78 is 4.18. The number of nitriles is 1. The molecule has 1 aromatic rings. The number of nitrogens with zero attached hydrogens (tertiary/aromatic N) is 2. The number of rotatable bonds is 2. The van der Waals surface area contributed by atoms with E-state index in [4.69, 9.17) is 11.0 Å². The zero-order chi connectivity index (χ0) is 8.27. The van der Waals surface area contributed by atoms with Crippen LogP contribution >= 0.6 is 0 Å². The van der Waals surface area contributed by atoms with Crippen LogP contribution in [0.5, 0.6) is 0 Å². The maximum atomic E-state index is 10.4. The van der Waals surface area contributed by atoms with Crippen LogP contribution in [0.2, 0.25) is 0 Å². The van der Waals surface area contributed by atoms with Crippen molar-refractivity contribution in [3.63, 3.8) is 0 Å². The average molecular weight is 154 g/mol. The fourth-order valence-corrected chi connectivity index (χ4v) is 0.596. The number of nitrogens with one attached hydrogen (secondary N) is 1. The molecule has 1 rings (SSSR count). The van der Waals surface area contributed by atoms with Gasteiger partial charge in [-0.1, -0.05) is 5.16 Å². The number of aromatic nitrogens is 2. The van der Waals surface area contributed by atoms with Crippen molar-refractivity contribution in [1.29, 1.82) is 5.26 Å². The van der Waals surface area contributed by atoms with Crippen LogP contribution in [0.15, 0.2) is 9.32 Å². The maximum Gasteiger partial charge on any atom is 0.438 e. The monoisotopic (exact) mass is 154 g/mol. The second-order valence-corrected chi connectivity index (χ2v) is 1.95. The molecule has 0 bridgehead atoms. The van der Waals surface area contributed by atoms with E-state index in [2.05, 4.69) is 14.7 Å². The van der Waals surface area contributed by atoms with Gasteiger partial charge in [0.05, 0.1) is 18.5 Å². The highest BCUT2D eigenvalue weighted by Gasteiger charge is 2.09. The average Bonchev–Trinajstić information content (AvgIpc) is 2.36. The third kappa shape index (κ3) is 1.65. The lowest BCUT2D eigenvalue weighted by Gasteiger charge is -1.97. The third-order valence-electron chi connectivity index (χ3n) is 1.12. The Balaban J connectivity index is 2.78. The summed E-state index contributed by atoms with van der Waals surface area (Å²) in [4.78, 5) is 12.6. The van der Waals surface area contributed by atoms with Gasteiger partial charge in [-0.05, 0) is 0 Å². The van der Waals surface area contributed by atoms with E-state index in [1.807, 2.05) is 6.07 Å². The Kier molecular flexibility index (Phi) is 2.03. The fraction of sp³-hybridized carbons (Fsp3) is 0.400. The zero-order valence-electron chi connectivity index (χ0n) is 5.57. The Hall–Kier alpha value is -1.61. The Bertz CT molecular complexity index is 320. The molecule has 6 heteroatoms. The summed E-state index contributed by atoms with van der Waals surface area (Å²) in [6, 6.07) is 1.27. The molecule has 0 radical (unpaired) electrons. The van der Waals surface area contributed by atoms with Crippen LogP contribution in [0, 0.1) is 11.3 Å². The molecule has 58 valence electrons. The Morgan fingerprint density at radius 3 is 3.09 bits per heavy atom. The van der Waals surface area contributed by atoms with Crippen LogP contribution in [0.25, 0.3) is 0 Å². The molecule has 0 amide bonds.